The van der Waals surface area contributed by atoms with Crippen LogP contribution in [0.3, 0.4) is 0 Å². The smallest absolute Gasteiger partial charge is 0.321 e. The zero-order chi connectivity index (χ0) is 14.0. The fraction of sp³-hybridized carbons (Fsp3) is 0.375. The number of unbranched alkanes of at least 4 members (excludes halogenated alkanes) is 2. The van der Waals surface area contributed by atoms with E-state index in [4.69, 9.17) is 4.74 Å². The van der Waals surface area contributed by atoms with Crippen molar-refractivity contribution in [2.75, 3.05) is 6.54 Å². The second-order valence-corrected chi connectivity index (χ2v) is 4.63. The van der Waals surface area contributed by atoms with Crippen LogP contribution in [0.2, 0.25) is 0 Å². The van der Waals surface area contributed by atoms with Gasteiger partial charge in [-0.1, -0.05) is 38.0 Å². The molecular formula is C16H21N3O. The molecule has 0 fully saturated rings. The number of ether oxygens (including phenoxy) is 1. The summed E-state index contributed by atoms with van der Waals surface area (Å²) in [5.74, 6) is 0.807. The standard InChI is InChI=1S/C16H21N3O/c1-2-3-6-10-17-13-14-8-4-5-9-15(14)20-16-18-11-7-12-19-16/h4-5,7-9,11-12,17H,2-3,6,10,13H2,1H3. The quantitative estimate of drug-likeness (QED) is 0.746. The molecule has 2 rings (SSSR count). The molecule has 106 valence electrons. The molecule has 2 aromatic rings. The molecule has 1 aromatic heterocycles. The lowest BCUT2D eigenvalue weighted by atomic mass is 10.2. The number of rotatable bonds is 8. The molecule has 4 heteroatoms. The second-order valence-electron chi connectivity index (χ2n) is 4.63. The van der Waals surface area contributed by atoms with Crippen molar-refractivity contribution in [3.63, 3.8) is 0 Å². The van der Waals surface area contributed by atoms with E-state index in [0.29, 0.717) is 6.01 Å². The van der Waals surface area contributed by atoms with Crippen molar-refractivity contribution in [1.29, 1.82) is 0 Å². The summed E-state index contributed by atoms with van der Waals surface area (Å²) in [4.78, 5) is 8.16. The number of benzene rings is 1. The molecule has 0 bridgehead atoms. The highest BCUT2D eigenvalue weighted by atomic mass is 16.5. The Hall–Kier alpha value is -1.94. The number of hydrogen-bond donors (Lipinski definition) is 1. The van der Waals surface area contributed by atoms with E-state index in [9.17, 15) is 0 Å². The van der Waals surface area contributed by atoms with E-state index in [0.717, 1.165) is 24.4 Å². The first-order valence-corrected chi connectivity index (χ1v) is 7.13. The lowest BCUT2D eigenvalue weighted by Crippen LogP contribution is -2.15. The maximum Gasteiger partial charge on any atom is 0.321 e. The highest BCUT2D eigenvalue weighted by Gasteiger charge is 2.05. The van der Waals surface area contributed by atoms with Gasteiger partial charge in [-0.2, -0.15) is 0 Å². The minimum absolute atomic E-state index is 0.380. The van der Waals surface area contributed by atoms with Crippen molar-refractivity contribution < 1.29 is 4.74 Å². The minimum Gasteiger partial charge on any atom is -0.424 e. The molecule has 0 amide bonds. The molecule has 0 aliphatic rings. The van der Waals surface area contributed by atoms with Crippen LogP contribution >= 0.6 is 0 Å². The summed E-state index contributed by atoms with van der Waals surface area (Å²) < 4.78 is 5.73. The van der Waals surface area contributed by atoms with Gasteiger partial charge in [-0.05, 0) is 25.1 Å². The molecule has 0 aliphatic heterocycles. The highest BCUT2D eigenvalue weighted by Crippen LogP contribution is 2.22. The topological polar surface area (TPSA) is 47.0 Å². The zero-order valence-electron chi connectivity index (χ0n) is 11.9. The Labute approximate surface area is 120 Å². The number of aromatic nitrogens is 2. The average Bonchev–Trinajstić information content (AvgIpc) is 2.50. The van der Waals surface area contributed by atoms with Gasteiger partial charge < -0.3 is 10.1 Å². The van der Waals surface area contributed by atoms with Crippen molar-refractivity contribution in [3.05, 3.63) is 48.3 Å². The van der Waals surface area contributed by atoms with Gasteiger partial charge in [-0.15, -0.1) is 0 Å². The lowest BCUT2D eigenvalue weighted by Gasteiger charge is -2.10. The van der Waals surface area contributed by atoms with Crippen LogP contribution in [0.4, 0.5) is 0 Å². The maximum absolute atomic E-state index is 5.73. The number of hydrogen-bond acceptors (Lipinski definition) is 4. The monoisotopic (exact) mass is 271 g/mol. The van der Waals surface area contributed by atoms with Crippen molar-refractivity contribution in [2.24, 2.45) is 0 Å². The summed E-state index contributed by atoms with van der Waals surface area (Å²) in [6, 6.07) is 10.1. The Bertz CT molecular complexity index is 502. The molecule has 0 radical (unpaired) electrons. The first kappa shape index (κ1) is 14.5. The van der Waals surface area contributed by atoms with Crippen LogP contribution in [-0.2, 0) is 6.54 Å². The summed E-state index contributed by atoms with van der Waals surface area (Å²) in [6.45, 7) is 4.04. The largest absolute Gasteiger partial charge is 0.424 e. The van der Waals surface area contributed by atoms with E-state index >= 15 is 0 Å². The Kier molecular flexibility index (Phi) is 5.99. The van der Waals surface area contributed by atoms with E-state index in [1.54, 1.807) is 18.5 Å². The van der Waals surface area contributed by atoms with Crippen LogP contribution in [0.1, 0.15) is 31.7 Å². The minimum atomic E-state index is 0.380. The average molecular weight is 271 g/mol. The van der Waals surface area contributed by atoms with Crippen molar-refractivity contribution in [1.82, 2.24) is 15.3 Å². The SMILES string of the molecule is CCCCCNCc1ccccc1Oc1ncccn1. The van der Waals surface area contributed by atoms with Crippen LogP contribution in [0.5, 0.6) is 11.8 Å². The molecule has 1 N–H and O–H groups in total. The van der Waals surface area contributed by atoms with Gasteiger partial charge in [0, 0.05) is 24.5 Å². The predicted octanol–water partition coefficient (Wildman–Crippen LogP) is 3.55. The Morgan fingerprint density at radius 3 is 2.65 bits per heavy atom. The highest BCUT2D eigenvalue weighted by molar-refractivity contribution is 5.34. The first-order chi connectivity index (χ1) is 9.90. The fourth-order valence-corrected chi connectivity index (χ4v) is 1.91. The van der Waals surface area contributed by atoms with Gasteiger partial charge in [0.2, 0.25) is 0 Å². The molecule has 4 nitrogen and oxygen atoms in total. The Morgan fingerprint density at radius 1 is 1.05 bits per heavy atom. The molecule has 0 aliphatic carbocycles. The van der Waals surface area contributed by atoms with Gasteiger partial charge in [0.05, 0.1) is 0 Å². The summed E-state index contributed by atoms with van der Waals surface area (Å²) >= 11 is 0. The van der Waals surface area contributed by atoms with Gasteiger partial charge in [-0.3, -0.25) is 0 Å². The van der Waals surface area contributed by atoms with Crippen molar-refractivity contribution in [2.45, 2.75) is 32.7 Å². The van der Waals surface area contributed by atoms with Gasteiger partial charge in [0.1, 0.15) is 5.75 Å². The summed E-state index contributed by atoms with van der Waals surface area (Å²) in [5.41, 5.74) is 1.12. The van der Waals surface area contributed by atoms with E-state index < -0.39 is 0 Å². The molecule has 1 aromatic carbocycles. The first-order valence-electron chi connectivity index (χ1n) is 7.13. The number of para-hydroxylation sites is 1. The maximum atomic E-state index is 5.73. The summed E-state index contributed by atoms with van der Waals surface area (Å²) in [7, 11) is 0. The normalized spacial score (nSPS) is 10.4. The Balaban J connectivity index is 1.92. The van der Waals surface area contributed by atoms with Crippen LogP contribution in [-0.4, -0.2) is 16.5 Å². The van der Waals surface area contributed by atoms with E-state index in [-0.39, 0.29) is 0 Å². The second kappa shape index (κ2) is 8.27. The van der Waals surface area contributed by atoms with Crippen LogP contribution in [0, 0.1) is 0 Å². The molecule has 0 spiro atoms. The van der Waals surface area contributed by atoms with Crippen LogP contribution in [0.25, 0.3) is 0 Å². The predicted molar refractivity (Wildman–Crippen MR) is 79.8 cm³/mol. The third-order valence-corrected chi connectivity index (χ3v) is 2.99. The molecule has 0 saturated heterocycles. The van der Waals surface area contributed by atoms with Crippen LogP contribution < -0.4 is 10.1 Å². The molecule has 0 atom stereocenters. The number of nitrogens with zero attached hydrogens (tertiary/aromatic N) is 2. The van der Waals surface area contributed by atoms with Gasteiger partial charge in [0.15, 0.2) is 0 Å². The van der Waals surface area contributed by atoms with Crippen molar-refractivity contribution in [3.8, 4) is 11.8 Å². The molecule has 0 saturated carbocycles. The Morgan fingerprint density at radius 2 is 1.85 bits per heavy atom. The molecular weight excluding hydrogens is 250 g/mol. The van der Waals surface area contributed by atoms with Gasteiger partial charge >= 0.3 is 6.01 Å². The fourth-order valence-electron chi connectivity index (χ4n) is 1.91. The molecule has 20 heavy (non-hydrogen) atoms. The van der Waals surface area contributed by atoms with Crippen molar-refractivity contribution >= 4 is 0 Å². The molecule has 1 heterocycles. The van der Waals surface area contributed by atoms with E-state index in [1.165, 1.54) is 19.3 Å². The third kappa shape index (κ3) is 4.63. The number of nitrogens with one attached hydrogen (secondary N) is 1. The van der Waals surface area contributed by atoms with E-state index in [2.05, 4.69) is 28.3 Å². The van der Waals surface area contributed by atoms with Gasteiger partial charge in [0.25, 0.3) is 0 Å². The third-order valence-electron chi connectivity index (χ3n) is 2.99. The summed E-state index contributed by atoms with van der Waals surface area (Å²) in [5, 5.41) is 3.44. The lowest BCUT2D eigenvalue weighted by molar-refractivity contribution is 0.434. The zero-order valence-corrected chi connectivity index (χ0v) is 11.9. The van der Waals surface area contributed by atoms with Crippen LogP contribution in [0.15, 0.2) is 42.7 Å². The van der Waals surface area contributed by atoms with Gasteiger partial charge in [-0.25, -0.2) is 9.97 Å². The molecule has 0 unspecified atom stereocenters. The summed E-state index contributed by atoms with van der Waals surface area (Å²) in [6.07, 6.45) is 7.07. The van der Waals surface area contributed by atoms with E-state index in [1.807, 2.05) is 18.2 Å².